The van der Waals surface area contributed by atoms with Crippen LogP contribution >= 0.6 is 0 Å². The lowest BCUT2D eigenvalue weighted by atomic mass is 9.93. The van der Waals surface area contributed by atoms with Gasteiger partial charge in [-0.1, -0.05) is 12.1 Å². The van der Waals surface area contributed by atoms with Crippen molar-refractivity contribution in [1.82, 2.24) is 10.2 Å². The van der Waals surface area contributed by atoms with Gasteiger partial charge in [0.2, 0.25) is 5.91 Å². The zero-order valence-electron chi connectivity index (χ0n) is 16.6. The molecule has 0 bridgehead atoms. The summed E-state index contributed by atoms with van der Waals surface area (Å²) < 4.78 is 10.5. The van der Waals surface area contributed by atoms with Crippen molar-refractivity contribution in [1.29, 1.82) is 0 Å². The number of ether oxygens (including phenoxy) is 1. The van der Waals surface area contributed by atoms with Crippen molar-refractivity contribution < 1.29 is 18.7 Å². The van der Waals surface area contributed by atoms with Gasteiger partial charge in [-0.15, -0.1) is 0 Å². The van der Waals surface area contributed by atoms with Crippen molar-refractivity contribution >= 4 is 11.8 Å². The number of amides is 2. The van der Waals surface area contributed by atoms with Gasteiger partial charge < -0.3 is 19.4 Å². The lowest BCUT2D eigenvalue weighted by Crippen LogP contribution is -2.40. The maximum absolute atomic E-state index is 12.7. The van der Waals surface area contributed by atoms with Crippen molar-refractivity contribution in [3.05, 3.63) is 53.5 Å². The van der Waals surface area contributed by atoms with Gasteiger partial charge in [0.05, 0.1) is 18.9 Å². The summed E-state index contributed by atoms with van der Waals surface area (Å²) in [6.45, 7) is 3.76. The number of rotatable bonds is 7. The SMILES string of the molecule is COc1cccc(CNC(=O)CC[C@@H]2CCCN(C(=O)c3ccoc3C)C2)c1. The van der Waals surface area contributed by atoms with E-state index in [1.165, 1.54) is 0 Å². The highest BCUT2D eigenvalue weighted by atomic mass is 16.5. The molecule has 0 saturated carbocycles. The number of nitrogens with zero attached hydrogens (tertiary/aromatic N) is 1. The molecule has 0 radical (unpaired) electrons. The molecule has 28 heavy (non-hydrogen) atoms. The van der Waals surface area contributed by atoms with Gasteiger partial charge in [0, 0.05) is 26.1 Å². The molecule has 2 heterocycles. The minimum absolute atomic E-state index is 0.0263. The zero-order chi connectivity index (χ0) is 19.9. The summed E-state index contributed by atoms with van der Waals surface area (Å²) in [5, 5.41) is 2.97. The fraction of sp³-hybridized carbons (Fsp3) is 0.455. The Morgan fingerprint density at radius 2 is 2.18 bits per heavy atom. The molecule has 1 aliphatic rings. The monoisotopic (exact) mass is 384 g/mol. The first-order chi connectivity index (χ1) is 13.6. The Kier molecular flexibility index (Phi) is 6.74. The van der Waals surface area contributed by atoms with E-state index in [0.717, 1.165) is 37.1 Å². The van der Waals surface area contributed by atoms with Gasteiger partial charge in [-0.25, -0.2) is 0 Å². The van der Waals surface area contributed by atoms with E-state index < -0.39 is 0 Å². The normalized spacial score (nSPS) is 16.6. The van der Waals surface area contributed by atoms with Crippen LogP contribution in [0.5, 0.6) is 5.75 Å². The third-order valence-corrected chi connectivity index (χ3v) is 5.30. The minimum atomic E-state index is 0.0263. The molecule has 0 spiro atoms. The van der Waals surface area contributed by atoms with Crippen LogP contribution in [0, 0.1) is 12.8 Å². The average Bonchev–Trinajstić information content (AvgIpc) is 3.16. The summed E-state index contributed by atoms with van der Waals surface area (Å²) in [5.41, 5.74) is 1.65. The van der Waals surface area contributed by atoms with Crippen LogP contribution in [0.4, 0.5) is 0 Å². The summed E-state index contributed by atoms with van der Waals surface area (Å²) in [5.74, 6) is 1.86. The van der Waals surface area contributed by atoms with Gasteiger partial charge >= 0.3 is 0 Å². The molecule has 150 valence electrons. The number of benzene rings is 1. The molecular weight excluding hydrogens is 356 g/mol. The van der Waals surface area contributed by atoms with Crippen molar-refractivity contribution in [2.45, 2.75) is 39.2 Å². The predicted octanol–water partition coefficient (Wildman–Crippen LogP) is 3.55. The molecule has 1 aliphatic heterocycles. The van der Waals surface area contributed by atoms with Crippen LogP contribution in [0.2, 0.25) is 0 Å². The Labute approximate surface area is 165 Å². The smallest absolute Gasteiger partial charge is 0.257 e. The van der Waals surface area contributed by atoms with Crippen LogP contribution in [0.15, 0.2) is 41.0 Å². The van der Waals surface area contributed by atoms with Gasteiger partial charge in [-0.3, -0.25) is 9.59 Å². The number of hydrogen-bond acceptors (Lipinski definition) is 4. The Balaban J connectivity index is 1.44. The van der Waals surface area contributed by atoms with E-state index in [9.17, 15) is 9.59 Å². The second-order valence-corrected chi connectivity index (χ2v) is 7.32. The zero-order valence-corrected chi connectivity index (χ0v) is 16.6. The molecule has 1 saturated heterocycles. The van der Waals surface area contributed by atoms with Crippen molar-refractivity contribution in [2.24, 2.45) is 5.92 Å². The van der Waals surface area contributed by atoms with Crippen LogP contribution in [0.25, 0.3) is 0 Å². The van der Waals surface area contributed by atoms with Crippen LogP contribution in [-0.2, 0) is 11.3 Å². The molecule has 1 atom stereocenters. The second-order valence-electron chi connectivity index (χ2n) is 7.32. The van der Waals surface area contributed by atoms with E-state index in [1.807, 2.05) is 29.2 Å². The second kappa shape index (κ2) is 9.44. The largest absolute Gasteiger partial charge is 0.497 e. The third kappa shape index (κ3) is 5.15. The van der Waals surface area contributed by atoms with E-state index in [2.05, 4.69) is 5.32 Å². The molecular formula is C22H28N2O4. The van der Waals surface area contributed by atoms with Crippen molar-refractivity contribution in [3.8, 4) is 5.75 Å². The summed E-state index contributed by atoms with van der Waals surface area (Å²) >= 11 is 0. The molecule has 2 amide bonds. The van der Waals surface area contributed by atoms with Gasteiger partial charge in [-0.05, 0) is 55.9 Å². The number of carbonyl (C=O) groups is 2. The summed E-state index contributed by atoms with van der Waals surface area (Å²) in [7, 11) is 1.63. The number of nitrogens with one attached hydrogen (secondary N) is 1. The van der Waals surface area contributed by atoms with Gasteiger partial charge in [-0.2, -0.15) is 0 Å². The summed E-state index contributed by atoms with van der Waals surface area (Å²) in [6.07, 6.45) is 4.84. The molecule has 0 aliphatic carbocycles. The van der Waals surface area contributed by atoms with Gasteiger partial charge in [0.15, 0.2) is 0 Å². The molecule has 1 aromatic carbocycles. The predicted molar refractivity (Wildman–Crippen MR) is 106 cm³/mol. The molecule has 6 nitrogen and oxygen atoms in total. The topological polar surface area (TPSA) is 71.8 Å². The Hall–Kier alpha value is -2.76. The Bertz CT molecular complexity index is 814. The molecule has 2 aromatic rings. The molecule has 0 unspecified atom stereocenters. The van der Waals surface area contributed by atoms with E-state index in [4.69, 9.17) is 9.15 Å². The number of likely N-dealkylation sites (tertiary alicyclic amines) is 1. The van der Waals surface area contributed by atoms with Crippen molar-refractivity contribution in [3.63, 3.8) is 0 Å². The standard InChI is InChI=1S/C22H28N2O4/c1-16-20(10-12-28-16)22(26)24-11-4-6-17(15-24)8-9-21(25)23-14-18-5-3-7-19(13-18)27-2/h3,5,7,10,12-13,17H,4,6,8-9,11,14-15H2,1-2H3,(H,23,25)/t17-/m0/s1. The van der Waals surface area contributed by atoms with Gasteiger partial charge in [0.25, 0.3) is 5.91 Å². The highest BCUT2D eigenvalue weighted by Gasteiger charge is 2.26. The molecule has 3 rings (SSSR count). The van der Waals surface area contributed by atoms with E-state index >= 15 is 0 Å². The lowest BCUT2D eigenvalue weighted by molar-refractivity contribution is -0.121. The number of piperidine rings is 1. The summed E-state index contributed by atoms with van der Waals surface area (Å²) in [4.78, 5) is 26.8. The maximum Gasteiger partial charge on any atom is 0.257 e. The number of methoxy groups -OCH3 is 1. The number of hydrogen-bond donors (Lipinski definition) is 1. The fourth-order valence-corrected chi connectivity index (χ4v) is 3.67. The molecule has 1 N–H and O–H groups in total. The van der Waals surface area contributed by atoms with Gasteiger partial charge in [0.1, 0.15) is 11.5 Å². The van der Waals surface area contributed by atoms with Crippen LogP contribution in [-0.4, -0.2) is 36.9 Å². The van der Waals surface area contributed by atoms with Crippen LogP contribution in [0.1, 0.15) is 47.4 Å². The number of aryl methyl sites for hydroxylation is 1. The minimum Gasteiger partial charge on any atom is -0.497 e. The quantitative estimate of drug-likeness (QED) is 0.792. The third-order valence-electron chi connectivity index (χ3n) is 5.30. The summed E-state index contributed by atoms with van der Waals surface area (Å²) in [6, 6.07) is 9.41. The molecule has 1 aromatic heterocycles. The first kappa shape index (κ1) is 20.0. The molecule has 6 heteroatoms. The number of carbonyl (C=O) groups excluding carboxylic acids is 2. The van der Waals surface area contributed by atoms with E-state index in [0.29, 0.717) is 36.8 Å². The first-order valence-corrected chi connectivity index (χ1v) is 9.80. The first-order valence-electron chi connectivity index (χ1n) is 9.80. The average molecular weight is 384 g/mol. The van der Waals surface area contributed by atoms with Crippen LogP contribution < -0.4 is 10.1 Å². The fourth-order valence-electron chi connectivity index (χ4n) is 3.67. The Morgan fingerprint density at radius 1 is 1.32 bits per heavy atom. The highest BCUT2D eigenvalue weighted by Crippen LogP contribution is 2.23. The Morgan fingerprint density at radius 3 is 2.93 bits per heavy atom. The lowest BCUT2D eigenvalue weighted by Gasteiger charge is -2.32. The number of furan rings is 1. The van der Waals surface area contributed by atoms with Crippen LogP contribution in [0.3, 0.4) is 0 Å². The van der Waals surface area contributed by atoms with Crippen molar-refractivity contribution in [2.75, 3.05) is 20.2 Å². The van der Waals surface area contributed by atoms with E-state index in [-0.39, 0.29) is 11.8 Å². The van der Waals surface area contributed by atoms with E-state index in [1.54, 1.807) is 26.4 Å². The maximum atomic E-state index is 12.7. The molecule has 1 fully saturated rings. The highest BCUT2D eigenvalue weighted by molar-refractivity contribution is 5.95.